The highest BCUT2D eigenvalue weighted by Crippen LogP contribution is 2.19. The molecule has 0 aliphatic heterocycles. The second-order valence-corrected chi connectivity index (χ2v) is 8.93. The Morgan fingerprint density at radius 2 is 1.77 bits per heavy atom. The van der Waals surface area contributed by atoms with Crippen molar-refractivity contribution in [1.29, 1.82) is 0 Å². The number of pyridine rings is 1. The molecule has 0 bridgehead atoms. The Morgan fingerprint density at radius 1 is 1.03 bits per heavy atom. The number of nitrogens with one attached hydrogen (secondary N) is 2. The van der Waals surface area contributed by atoms with E-state index in [0.29, 0.717) is 17.1 Å². The predicted molar refractivity (Wildman–Crippen MR) is 119 cm³/mol. The Morgan fingerprint density at radius 3 is 2.40 bits per heavy atom. The molecule has 3 rings (SSSR count). The summed E-state index contributed by atoms with van der Waals surface area (Å²) in [5.41, 5.74) is 2.01. The normalized spacial score (nSPS) is 11.0. The van der Waals surface area contributed by atoms with Crippen LogP contribution in [0.2, 0.25) is 0 Å². The Bertz CT molecular complexity index is 1070. The maximum absolute atomic E-state index is 12.4. The molecule has 1 amide bonds. The van der Waals surface area contributed by atoms with Gasteiger partial charge in [-0.15, -0.1) is 11.8 Å². The van der Waals surface area contributed by atoms with Crippen molar-refractivity contribution in [3.05, 3.63) is 78.6 Å². The molecule has 1 heterocycles. The molecular weight excluding hydrogens is 422 g/mol. The molecule has 0 aliphatic carbocycles. The fourth-order valence-corrected chi connectivity index (χ4v) is 4.37. The lowest BCUT2D eigenvalue weighted by Crippen LogP contribution is -2.15. The zero-order chi connectivity index (χ0) is 21.4. The maximum Gasteiger partial charge on any atom is 0.261 e. The highest BCUT2D eigenvalue weighted by atomic mass is 32.2. The number of hydrogen-bond acceptors (Lipinski definition) is 6. The molecule has 2 N–H and O–H groups in total. The van der Waals surface area contributed by atoms with Crippen molar-refractivity contribution in [3.63, 3.8) is 0 Å². The summed E-state index contributed by atoms with van der Waals surface area (Å²) in [6, 6.07) is 16.9. The molecule has 0 atom stereocenters. The number of anilines is 2. The number of benzene rings is 2. The third-order valence-electron chi connectivity index (χ3n) is 4.02. The molecule has 0 spiro atoms. The summed E-state index contributed by atoms with van der Waals surface area (Å²) in [5, 5.41) is 2.77. The molecule has 3 aromatic rings. The van der Waals surface area contributed by atoms with Crippen LogP contribution in [0.4, 0.5) is 11.4 Å². The van der Waals surface area contributed by atoms with Gasteiger partial charge in [-0.25, -0.2) is 8.42 Å². The molecule has 0 unspecified atom stereocenters. The number of sulfonamides is 1. The number of aromatic nitrogens is 1. The molecule has 0 radical (unpaired) electrons. The van der Waals surface area contributed by atoms with Gasteiger partial charge in [-0.2, -0.15) is 0 Å². The van der Waals surface area contributed by atoms with Gasteiger partial charge in [0.05, 0.1) is 29.6 Å². The first-order valence-electron chi connectivity index (χ1n) is 9.00. The van der Waals surface area contributed by atoms with E-state index < -0.39 is 10.0 Å². The van der Waals surface area contributed by atoms with Gasteiger partial charge in [-0.1, -0.05) is 12.1 Å². The average Bonchev–Trinajstić information content (AvgIpc) is 2.75. The van der Waals surface area contributed by atoms with Crippen LogP contribution < -0.4 is 14.8 Å². The SMILES string of the molecule is COc1ccc(CSCC(=O)Nc2ccc(S(=O)(=O)Nc3cccnc3)cc2)cc1. The number of hydrogen-bond donors (Lipinski definition) is 2. The van der Waals surface area contributed by atoms with Gasteiger partial charge < -0.3 is 10.1 Å². The van der Waals surface area contributed by atoms with Crippen LogP contribution in [-0.2, 0) is 20.6 Å². The summed E-state index contributed by atoms with van der Waals surface area (Å²) in [5.74, 6) is 1.63. The molecule has 0 saturated carbocycles. The summed E-state index contributed by atoms with van der Waals surface area (Å²) in [6.45, 7) is 0. The Labute approximate surface area is 179 Å². The first kappa shape index (κ1) is 21.7. The van der Waals surface area contributed by atoms with E-state index in [0.717, 1.165) is 11.3 Å². The van der Waals surface area contributed by atoms with Crippen molar-refractivity contribution in [1.82, 2.24) is 4.98 Å². The second kappa shape index (κ2) is 10.1. The number of ether oxygens (including phenoxy) is 1. The predicted octanol–water partition coefficient (Wildman–Crippen LogP) is 3.76. The van der Waals surface area contributed by atoms with Crippen LogP contribution in [-0.4, -0.2) is 32.2 Å². The van der Waals surface area contributed by atoms with Gasteiger partial charge in [0, 0.05) is 17.6 Å². The molecule has 9 heteroatoms. The van der Waals surface area contributed by atoms with E-state index in [2.05, 4.69) is 15.0 Å². The van der Waals surface area contributed by atoms with Crippen molar-refractivity contribution in [3.8, 4) is 5.75 Å². The van der Waals surface area contributed by atoms with Crippen LogP contribution in [0.1, 0.15) is 5.56 Å². The van der Waals surface area contributed by atoms with Gasteiger partial charge in [0.15, 0.2) is 0 Å². The zero-order valence-corrected chi connectivity index (χ0v) is 17.9. The number of thioether (sulfide) groups is 1. The Kier molecular flexibility index (Phi) is 7.31. The number of carbonyl (C=O) groups excluding carboxylic acids is 1. The van der Waals surface area contributed by atoms with Crippen LogP contribution in [0.5, 0.6) is 5.75 Å². The van der Waals surface area contributed by atoms with Crippen molar-refractivity contribution in [2.24, 2.45) is 0 Å². The minimum Gasteiger partial charge on any atom is -0.497 e. The topological polar surface area (TPSA) is 97.4 Å². The van der Waals surface area contributed by atoms with E-state index in [1.165, 1.54) is 30.1 Å². The van der Waals surface area contributed by atoms with Crippen molar-refractivity contribution in [2.75, 3.05) is 22.9 Å². The summed E-state index contributed by atoms with van der Waals surface area (Å²) in [7, 11) is -2.11. The van der Waals surface area contributed by atoms with E-state index in [9.17, 15) is 13.2 Å². The quantitative estimate of drug-likeness (QED) is 0.523. The van der Waals surface area contributed by atoms with Crippen LogP contribution in [0.15, 0.2) is 78.0 Å². The number of amides is 1. The van der Waals surface area contributed by atoms with Gasteiger partial charge >= 0.3 is 0 Å². The zero-order valence-electron chi connectivity index (χ0n) is 16.2. The van der Waals surface area contributed by atoms with Crippen molar-refractivity contribution < 1.29 is 17.9 Å². The molecule has 156 valence electrons. The minimum atomic E-state index is -3.72. The first-order valence-corrected chi connectivity index (χ1v) is 11.6. The molecular formula is C21H21N3O4S2. The fourth-order valence-electron chi connectivity index (χ4n) is 2.54. The molecule has 30 heavy (non-hydrogen) atoms. The monoisotopic (exact) mass is 443 g/mol. The summed E-state index contributed by atoms with van der Waals surface area (Å²) in [4.78, 5) is 16.1. The van der Waals surface area contributed by atoms with Gasteiger partial charge in [0.25, 0.3) is 10.0 Å². The summed E-state index contributed by atoms with van der Waals surface area (Å²) in [6.07, 6.45) is 2.99. The number of nitrogens with zero attached hydrogens (tertiary/aromatic N) is 1. The van der Waals surface area contributed by atoms with Crippen LogP contribution in [0.3, 0.4) is 0 Å². The third-order valence-corrected chi connectivity index (χ3v) is 6.42. The van der Waals surface area contributed by atoms with Gasteiger partial charge in [0.1, 0.15) is 5.75 Å². The van der Waals surface area contributed by atoms with Crippen LogP contribution >= 0.6 is 11.8 Å². The van der Waals surface area contributed by atoms with E-state index in [1.54, 1.807) is 37.6 Å². The summed E-state index contributed by atoms with van der Waals surface area (Å²) < 4.78 is 32.4. The molecule has 7 nitrogen and oxygen atoms in total. The standard InChI is InChI=1S/C21H21N3O4S2/c1-28-19-8-4-16(5-9-19)14-29-15-21(25)23-17-6-10-20(11-7-17)30(26,27)24-18-3-2-12-22-13-18/h2-13,24H,14-15H2,1H3,(H,23,25). The number of methoxy groups -OCH3 is 1. The van der Waals surface area contributed by atoms with Crippen LogP contribution in [0, 0.1) is 0 Å². The molecule has 0 fully saturated rings. The average molecular weight is 444 g/mol. The van der Waals surface area contributed by atoms with Gasteiger partial charge in [-0.05, 0) is 54.1 Å². The first-order chi connectivity index (χ1) is 14.5. The van der Waals surface area contributed by atoms with E-state index >= 15 is 0 Å². The molecule has 2 aromatic carbocycles. The van der Waals surface area contributed by atoms with E-state index in [-0.39, 0.29) is 16.6 Å². The van der Waals surface area contributed by atoms with E-state index in [1.807, 2.05) is 24.3 Å². The number of rotatable bonds is 9. The highest BCUT2D eigenvalue weighted by molar-refractivity contribution is 7.99. The Balaban J connectivity index is 1.50. The highest BCUT2D eigenvalue weighted by Gasteiger charge is 2.14. The van der Waals surface area contributed by atoms with E-state index in [4.69, 9.17) is 4.74 Å². The lowest BCUT2D eigenvalue weighted by atomic mass is 10.2. The van der Waals surface area contributed by atoms with Gasteiger partial charge in [-0.3, -0.25) is 14.5 Å². The summed E-state index contributed by atoms with van der Waals surface area (Å²) >= 11 is 1.49. The molecule has 0 aliphatic rings. The molecule has 0 saturated heterocycles. The maximum atomic E-state index is 12.4. The molecule has 1 aromatic heterocycles. The lowest BCUT2D eigenvalue weighted by molar-refractivity contribution is -0.113. The second-order valence-electron chi connectivity index (χ2n) is 6.26. The third kappa shape index (κ3) is 6.23. The van der Waals surface area contributed by atoms with Crippen LogP contribution in [0.25, 0.3) is 0 Å². The Hall–Kier alpha value is -3.04. The minimum absolute atomic E-state index is 0.0956. The smallest absolute Gasteiger partial charge is 0.261 e. The van der Waals surface area contributed by atoms with Gasteiger partial charge in [0.2, 0.25) is 5.91 Å². The van der Waals surface area contributed by atoms with Crippen molar-refractivity contribution in [2.45, 2.75) is 10.6 Å². The number of carbonyl (C=O) groups is 1. The fraction of sp³-hybridized carbons (Fsp3) is 0.143. The van der Waals surface area contributed by atoms with Crippen molar-refractivity contribution >= 4 is 39.1 Å². The largest absolute Gasteiger partial charge is 0.497 e. The lowest BCUT2D eigenvalue weighted by Gasteiger charge is -2.09.